The van der Waals surface area contributed by atoms with Gasteiger partial charge in [-0.2, -0.15) is 0 Å². The van der Waals surface area contributed by atoms with Gasteiger partial charge in [0.05, 0.1) is 5.92 Å². The third-order valence-electron chi connectivity index (χ3n) is 5.90. The first-order valence-electron chi connectivity index (χ1n) is 9.63. The predicted molar refractivity (Wildman–Crippen MR) is 101 cm³/mol. The maximum atomic E-state index is 13.2. The summed E-state index contributed by atoms with van der Waals surface area (Å²) in [5, 5.41) is 3.36. The van der Waals surface area contributed by atoms with Crippen LogP contribution < -0.4 is 10.2 Å². The van der Waals surface area contributed by atoms with E-state index in [0.29, 0.717) is 24.7 Å². The summed E-state index contributed by atoms with van der Waals surface area (Å²) in [7, 11) is 0. The van der Waals surface area contributed by atoms with Crippen molar-refractivity contribution < 1.29 is 9.59 Å². The Morgan fingerprint density at radius 3 is 2.56 bits per heavy atom. The number of ketones is 1. The van der Waals surface area contributed by atoms with Gasteiger partial charge in [-0.3, -0.25) is 9.59 Å². The van der Waals surface area contributed by atoms with Crippen molar-refractivity contribution in [1.29, 1.82) is 0 Å². The average Bonchev–Trinajstić information content (AvgIpc) is 2.87. The molecule has 0 aliphatic carbocycles. The zero-order valence-electron chi connectivity index (χ0n) is 15.6. The average molecular weight is 342 g/mol. The number of rotatable bonds is 6. The van der Waals surface area contributed by atoms with E-state index in [4.69, 9.17) is 0 Å². The molecule has 0 radical (unpaired) electrons. The first-order valence-corrected chi connectivity index (χ1v) is 9.63. The summed E-state index contributed by atoms with van der Waals surface area (Å²) < 4.78 is 0. The molecule has 1 N–H and O–H groups in total. The van der Waals surface area contributed by atoms with E-state index in [2.05, 4.69) is 26.1 Å². The number of anilines is 1. The zero-order chi connectivity index (χ0) is 18.0. The summed E-state index contributed by atoms with van der Waals surface area (Å²) in [5.41, 5.74) is 2.06. The fourth-order valence-corrected chi connectivity index (χ4v) is 3.97. The molecular weight excluding hydrogens is 312 g/mol. The second-order valence-corrected chi connectivity index (χ2v) is 7.97. The number of nitrogens with one attached hydrogen (secondary N) is 1. The van der Waals surface area contributed by atoms with E-state index in [9.17, 15) is 9.59 Å². The number of amides is 1. The lowest BCUT2D eigenvalue weighted by Gasteiger charge is -2.32. The first-order chi connectivity index (χ1) is 12.0. The van der Waals surface area contributed by atoms with Gasteiger partial charge in [-0.25, -0.2) is 0 Å². The number of benzene rings is 1. The number of nitrogens with zero attached hydrogens (tertiary/aromatic N) is 1. The molecule has 1 saturated heterocycles. The number of carbonyl (C=O) groups is 2. The molecule has 4 heteroatoms. The molecule has 1 aromatic carbocycles. The monoisotopic (exact) mass is 342 g/mol. The van der Waals surface area contributed by atoms with Crippen LogP contribution >= 0.6 is 0 Å². The van der Waals surface area contributed by atoms with Crippen LogP contribution in [-0.4, -0.2) is 30.8 Å². The molecule has 0 bridgehead atoms. The summed E-state index contributed by atoms with van der Waals surface area (Å²) in [6.45, 7) is 8.31. The number of hydrogen-bond acceptors (Lipinski definition) is 3. The van der Waals surface area contributed by atoms with Gasteiger partial charge >= 0.3 is 0 Å². The lowest BCUT2D eigenvalue weighted by molar-refractivity contribution is -0.125. The van der Waals surface area contributed by atoms with Crippen molar-refractivity contribution in [2.24, 2.45) is 11.8 Å². The summed E-state index contributed by atoms with van der Waals surface area (Å²) >= 11 is 0. The molecule has 0 spiro atoms. The highest BCUT2D eigenvalue weighted by Crippen LogP contribution is 2.41. The van der Waals surface area contributed by atoms with Gasteiger partial charge in [-0.05, 0) is 49.4 Å². The Morgan fingerprint density at radius 2 is 1.88 bits per heavy atom. The molecule has 25 heavy (non-hydrogen) atoms. The van der Waals surface area contributed by atoms with Crippen molar-refractivity contribution >= 4 is 17.4 Å². The molecule has 0 aromatic heterocycles. The quantitative estimate of drug-likeness (QED) is 0.861. The summed E-state index contributed by atoms with van der Waals surface area (Å²) in [5.74, 6) is 0.889. The Bertz CT molecular complexity index is 635. The van der Waals surface area contributed by atoms with Crippen LogP contribution in [0.4, 0.5) is 5.69 Å². The number of carbonyl (C=O) groups excluding carboxylic acids is 2. The van der Waals surface area contributed by atoms with Gasteiger partial charge in [-0.15, -0.1) is 0 Å². The van der Waals surface area contributed by atoms with Crippen molar-refractivity contribution in [3.8, 4) is 0 Å². The standard InChI is InChI=1S/C21H30N2O2/c1-14(2)15(3)12-17(24)13-19-18-6-4-5-7-20(18)23(21(19)25)16-8-10-22-11-9-16/h4-7,14-16,19,22H,8-13H2,1-3H3. The van der Waals surface area contributed by atoms with Crippen molar-refractivity contribution in [2.75, 3.05) is 18.0 Å². The molecule has 3 rings (SSSR count). The molecule has 1 aromatic rings. The molecule has 1 amide bonds. The van der Waals surface area contributed by atoms with E-state index in [-0.39, 0.29) is 23.7 Å². The van der Waals surface area contributed by atoms with E-state index >= 15 is 0 Å². The molecule has 1 fully saturated rings. The van der Waals surface area contributed by atoms with E-state index in [1.165, 1.54) is 0 Å². The SMILES string of the molecule is CC(C)C(C)CC(=O)CC1C(=O)N(C2CCNCC2)c2ccccc21. The van der Waals surface area contributed by atoms with Crippen LogP contribution in [0.15, 0.2) is 24.3 Å². The van der Waals surface area contributed by atoms with Crippen LogP contribution in [0.5, 0.6) is 0 Å². The van der Waals surface area contributed by atoms with Crippen LogP contribution in [-0.2, 0) is 9.59 Å². The number of hydrogen-bond donors (Lipinski definition) is 1. The number of Topliss-reactive ketones (excluding diaryl/α,β-unsaturated/α-hetero) is 1. The van der Waals surface area contributed by atoms with Crippen LogP contribution in [0.1, 0.15) is 57.9 Å². The Morgan fingerprint density at radius 1 is 1.20 bits per heavy atom. The summed E-state index contributed by atoms with van der Waals surface area (Å²) in [6.07, 6.45) is 2.86. The maximum absolute atomic E-state index is 13.2. The summed E-state index contributed by atoms with van der Waals surface area (Å²) in [6, 6.07) is 8.29. The first kappa shape index (κ1) is 18.1. The fraction of sp³-hybridized carbons (Fsp3) is 0.619. The molecule has 2 heterocycles. The van der Waals surface area contributed by atoms with Crippen molar-refractivity contribution in [1.82, 2.24) is 5.32 Å². The summed E-state index contributed by atoms with van der Waals surface area (Å²) in [4.78, 5) is 27.7. The highest BCUT2D eigenvalue weighted by molar-refractivity contribution is 6.07. The normalized spacial score (nSPS) is 22.3. The maximum Gasteiger partial charge on any atom is 0.235 e. The van der Waals surface area contributed by atoms with Gasteiger partial charge in [0, 0.05) is 24.6 Å². The number of piperidine rings is 1. The topological polar surface area (TPSA) is 49.4 Å². The van der Waals surface area contributed by atoms with Crippen LogP contribution in [0.25, 0.3) is 0 Å². The van der Waals surface area contributed by atoms with Crippen LogP contribution in [0.3, 0.4) is 0 Å². The molecule has 4 nitrogen and oxygen atoms in total. The third-order valence-corrected chi connectivity index (χ3v) is 5.90. The van der Waals surface area contributed by atoms with Crippen molar-refractivity contribution in [2.45, 2.75) is 58.4 Å². The second kappa shape index (κ2) is 7.69. The highest BCUT2D eigenvalue weighted by Gasteiger charge is 2.41. The Kier molecular flexibility index (Phi) is 5.57. The Hall–Kier alpha value is -1.68. The number of para-hydroxylation sites is 1. The van der Waals surface area contributed by atoms with E-state index < -0.39 is 0 Å². The van der Waals surface area contributed by atoms with Gasteiger partial charge in [0.25, 0.3) is 0 Å². The van der Waals surface area contributed by atoms with Gasteiger partial charge in [0.2, 0.25) is 5.91 Å². The minimum atomic E-state index is -0.294. The molecular formula is C21H30N2O2. The van der Waals surface area contributed by atoms with Gasteiger partial charge < -0.3 is 10.2 Å². The lowest BCUT2D eigenvalue weighted by atomic mass is 9.88. The highest BCUT2D eigenvalue weighted by atomic mass is 16.2. The van der Waals surface area contributed by atoms with E-state index in [1.807, 2.05) is 29.2 Å². The number of fused-ring (bicyclic) bond motifs is 1. The third kappa shape index (κ3) is 3.79. The lowest BCUT2D eigenvalue weighted by Crippen LogP contribution is -2.45. The zero-order valence-corrected chi connectivity index (χ0v) is 15.6. The Labute approximate surface area is 151 Å². The van der Waals surface area contributed by atoms with Crippen LogP contribution in [0.2, 0.25) is 0 Å². The minimum Gasteiger partial charge on any atom is -0.317 e. The van der Waals surface area contributed by atoms with Crippen LogP contribution in [0, 0.1) is 11.8 Å². The largest absolute Gasteiger partial charge is 0.317 e. The molecule has 2 atom stereocenters. The molecule has 2 aliphatic heterocycles. The fourth-order valence-electron chi connectivity index (χ4n) is 3.97. The van der Waals surface area contributed by atoms with E-state index in [0.717, 1.165) is 37.2 Å². The molecule has 136 valence electrons. The van der Waals surface area contributed by atoms with Crippen molar-refractivity contribution in [3.05, 3.63) is 29.8 Å². The Balaban J connectivity index is 1.78. The predicted octanol–water partition coefficient (Wildman–Crippen LogP) is 3.51. The minimum absolute atomic E-state index is 0.124. The molecule has 2 unspecified atom stereocenters. The van der Waals surface area contributed by atoms with E-state index in [1.54, 1.807) is 0 Å². The van der Waals surface area contributed by atoms with Crippen molar-refractivity contribution in [3.63, 3.8) is 0 Å². The van der Waals surface area contributed by atoms with Gasteiger partial charge in [-0.1, -0.05) is 39.0 Å². The smallest absolute Gasteiger partial charge is 0.235 e. The molecule has 0 saturated carbocycles. The molecule has 2 aliphatic rings. The second-order valence-electron chi connectivity index (χ2n) is 7.97. The van der Waals surface area contributed by atoms with Gasteiger partial charge in [0.1, 0.15) is 5.78 Å². The van der Waals surface area contributed by atoms with Gasteiger partial charge in [0.15, 0.2) is 0 Å².